The fraction of sp³-hybridized carbons (Fsp3) is 0.158. The Bertz CT molecular complexity index is 1070. The number of furan rings is 1. The van der Waals surface area contributed by atoms with Crippen LogP contribution in [0.1, 0.15) is 23.1 Å². The molecule has 0 saturated heterocycles. The van der Waals surface area contributed by atoms with Crippen molar-refractivity contribution in [3.05, 3.63) is 79.9 Å². The van der Waals surface area contributed by atoms with E-state index in [2.05, 4.69) is 5.10 Å². The van der Waals surface area contributed by atoms with E-state index in [1.807, 2.05) is 17.5 Å². The normalized spacial score (nSPS) is 16.0. The first-order valence-corrected chi connectivity index (χ1v) is 9.82. The first-order valence-electron chi connectivity index (χ1n) is 8.56. The molecule has 2 aromatic heterocycles. The molecular formula is C19H14ClN3O5S. The molecule has 8 nitrogen and oxygen atoms in total. The molecule has 1 aromatic carbocycles. The first-order chi connectivity index (χ1) is 14.0. The molecule has 0 fully saturated rings. The third-order valence-corrected chi connectivity index (χ3v) is 5.53. The van der Waals surface area contributed by atoms with Gasteiger partial charge in [0.15, 0.2) is 6.61 Å². The standard InChI is InChI=1S/C19H14ClN3O5S/c20-13-9-12(23(25)26)5-6-16(13)28-11-19(24)22-15(17-3-1-7-27-17)10-14(21-22)18-4-2-8-29-18/h1-9,15H,10-11H2. The Morgan fingerprint density at radius 2 is 2.24 bits per heavy atom. The van der Waals surface area contributed by atoms with Crippen LogP contribution < -0.4 is 4.74 Å². The largest absolute Gasteiger partial charge is 0.482 e. The van der Waals surface area contributed by atoms with Crippen LogP contribution in [0.2, 0.25) is 5.02 Å². The zero-order chi connectivity index (χ0) is 20.4. The average molecular weight is 432 g/mol. The molecule has 0 bridgehead atoms. The summed E-state index contributed by atoms with van der Waals surface area (Å²) >= 11 is 7.57. The van der Waals surface area contributed by atoms with Gasteiger partial charge in [0.05, 0.1) is 26.8 Å². The summed E-state index contributed by atoms with van der Waals surface area (Å²) in [7, 11) is 0. The smallest absolute Gasteiger partial charge is 0.281 e. The summed E-state index contributed by atoms with van der Waals surface area (Å²) in [6, 6.07) is 10.9. The van der Waals surface area contributed by atoms with Gasteiger partial charge in [0.1, 0.15) is 17.6 Å². The molecule has 10 heteroatoms. The number of carbonyl (C=O) groups excluding carboxylic acids is 1. The van der Waals surface area contributed by atoms with E-state index in [1.54, 1.807) is 29.7 Å². The minimum atomic E-state index is -0.556. The van der Waals surface area contributed by atoms with Gasteiger partial charge in [-0.3, -0.25) is 14.9 Å². The second-order valence-electron chi connectivity index (χ2n) is 6.16. The van der Waals surface area contributed by atoms with E-state index in [9.17, 15) is 14.9 Å². The van der Waals surface area contributed by atoms with Crippen molar-refractivity contribution in [2.24, 2.45) is 5.10 Å². The van der Waals surface area contributed by atoms with Crippen molar-refractivity contribution in [1.29, 1.82) is 0 Å². The molecule has 1 amide bonds. The van der Waals surface area contributed by atoms with Gasteiger partial charge in [0.2, 0.25) is 0 Å². The van der Waals surface area contributed by atoms with Gasteiger partial charge in [0, 0.05) is 18.6 Å². The lowest BCUT2D eigenvalue weighted by Gasteiger charge is -2.20. The highest BCUT2D eigenvalue weighted by atomic mass is 35.5. The number of ether oxygens (including phenoxy) is 1. The topological polar surface area (TPSA) is 98.2 Å². The van der Waals surface area contributed by atoms with E-state index in [4.69, 9.17) is 20.8 Å². The Morgan fingerprint density at radius 1 is 1.38 bits per heavy atom. The van der Waals surface area contributed by atoms with Gasteiger partial charge in [-0.15, -0.1) is 11.3 Å². The summed E-state index contributed by atoms with van der Waals surface area (Å²) in [5.41, 5.74) is 0.638. The lowest BCUT2D eigenvalue weighted by molar-refractivity contribution is -0.384. The Hall–Kier alpha value is -3.17. The zero-order valence-electron chi connectivity index (χ0n) is 14.9. The predicted molar refractivity (Wildman–Crippen MR) is 107 cm³/mol. The van der Waals surface area contributed by atoms with Crippen LogP contribution in [0.4, 0.5) is 5.69 Å². The fourth-order valence-corrected chi connectivity index (χ4v) is 3.91. The maximum atomic E-state index is 12.8. The number of hydrogen-bond donors (Lipinski definition) is 0. The number of hydrazone groups is 1. The van der Waals surface area contributed by atoms with Crippen molar-refractivity contribution in [2.75, 3.05) is 6.61 Å². The maximum Gasteiger partial charge on any atom is 0.281 e. The third kappa shape index (κ3) is 4.01. The number of carbonyl (C=O) groups is 1. The molecular weight excluding hydrogens is 418 g/mol. The molecule has 29 heavy (non-hydrogen) atoms. The Labute approximate surface area is 174 Å². The fourth-order valence-electron chi connectivity index (χ4n) is 2.96. The highest BCUT2D eigenvalue weighted by Gasteiger charge is 2.35. The molecule has 1 aliphatic rings. The molecule has 1 unspecified atom stereocenters. The lowest BCUT2D eigenvalue weighted by atomic mass is 10.1. The molecule has 3 heterocycles. The SMILES string of the molecule is O=C(COc1ccc([N+](=O)[O-])cc1Cl)N1N=C(c2cccs2)CC1c1ccco1. The average Bonchev–Trinajstić information content (AvgIpc) is 3.47. The Kier molecular flexibility index (Phi) is 5.32. The summed E-state index contributed by atoms with van der Waals surface area (Å²) in [6.07, 6.45) is 2.08. The minimum absolute atomic E-state index is 0.0544. The number of halogens is 1. The molecule has 0 spiro atoms. The highest BCUT2D eigenvalue weighted by molar-refractivity contribution is 7.12. The number of amides is 1. The first kappa shape index (κ1) is 19.2. The van der Waals surface area contributed by atoms with Gasteiger partial charge in [-0.2, -0.15) is 5.10 Å². The quantitative estimate of drug-likeness (QED) is 0.417. The number of nitrogens with zero attached hydrogens (tertiary/aromatic N) is 3. The minimum Gasteiger partial charge on any atom is -0.482 e. The third-order valence-electron chi connectivity index (χ3n) is 4.32. The molecule has 0 aliphatic carbocycles. The summed E-state index contributed by atoms with van der Waals surface area (Å²) in [5, 5.41) is 18.6. The van der Waals surface area contributed by atoms with Crippen molar-refractivity contribution in [1.82, 2.24) is 5.01 Å². The van der Waals surface area contributed by atoms with E-state index in [-0.39, 0.29) is 35.0 Å². The number of nitro benzene ring substituents is 1. The number of benzene rings is 1. The van der Waals surface area contributed by atoms with Gasteiger partial charge >= 0.3 is 0 Å². The number of hydrogen-bond acceptors (Lipinski definition) is 7. The summed E-state index contributed by atoms with van der Waals surface area (Å²) < 4.78 is 11.0. The van der Waals surface area contributed by atoms with Crippen LogP contribution in [0.5, 0.6) is 5.75 Å². The van der Waals surface area contributed by atoms with Gasteiger partial charge in [-0.05, 0) is 29.6 Å². The Balaban J connectivity index is 1.51. The van der Waals surface area contributed by atoms with Gasteiger partial charge in [0.25, 0.3) is 11.6 Å². The number of thiophene rings is 1. The molecule has 1 atom stereocenters. The van der Waals surface area contributed by atoms with Crippen LogP contribution in [-0.2, 0) is 4.79 Å². The highest BCUT2D eigenvalue weighted by Crippen LogP contribution is 2.34. The van der Waals surface area contributed by atoms with Gasteiger partial charge < -0.3 is 9.15 Å². The molecule has 0 radical (unpaired) electrons. The van der Waals surface area contributed by atoms with E-state index in [0.717, 1.165) is 10.6 Å². The van der Waals surface area contributed by atoms with Gasteiger partial charge in [-0.1, -0.05) is 17.7 Å². The van der Waals surface area contributed by atoms with E-state index < -0.39 is 4.92 Å². The van der Waals surface area contributed by atoms with Crippen LogP contribution in [0.3, 0.4) is 0 Å². The zero-order valence-corrected chi connectivity index (χ0v) is 16.4. The Morgan fingerprint density at radius 3 is 2.90 bits per heavy atom. The molecule has 0 saturated carbocycles. The second kappa shape index (κ2) is 8.06. The van der Waals surface area contributed by atoms with Crippen molar-refractivity contribution in [3.63, 3.8) is 0 Å². The van der Waals surface area contributed by atoms with Crippen LogP contribution >= 0.6 is 22.9 Å². The summed E-state index contributed by atoms with van der Waals surface area (Å²) in [4.78, 5) is 24.1. The number of nitro groups is 1. The van der Waals surface area contributed by atoms with Crippen LogP contribution in [0.15, 0.2) is 63.6 Å². The number of non-ortho nitro benzene ring substituents is 1. The molecule has 148 valence electrons. The van der Waals surface area contributed by atoms with Crippen LogP contribution in [0, 0.1) is 10.1 Å². The monoisotopic (exact) mass is 431 g/mol. The van der Waals surface area contributed by atoms with E-state index >= 15 is 0 Å². The lowest BCUT2D eigenvalue weighted by Crippen LogP contribution is -2.31. The second-order valence-corrected chi connectivity index (χ2v) is 7.51. The van der Waals surface area contributed by atoms with Crippen LogP contribution in [-0.4, -0.2) is 28.2 Å². The maximum absolute atomic E-state index is 12.8. The number of rotatable bonds is 6. The van der Waals surface area contributed by atoms with Crippen molar-refractivity contribution in [3.8, 4) is 5.75 Å². The summed E-state index contributed by atoms with van der Waals surface area (Å²) in [6.45, 7) is -0.323. The van der Waals surface area contributed by atoms with Crippen molar-refractivity contribution in [2.45, 2.75) is 12.5 Å². The van der Waals surface area contributed by atoms with Gasteiger partial charge in [-0.25, -0.2) is 5.01 Å². The van der Waals surface area contributed by atoms with Crippen molar-refractivity contribution >= 4 is 40.2 Å². The predicted octanol–water partition coefficient (Wildman–Crippen LogP) is 4.66. The molecule has 3 aromatic rings. The van der Waals surface area contributed by atoms with Crippen molar-refractivity contribution < 1.29 is 18.9 Å². The van der Waals surface area contributed by atoms with E-state index in [0.29, 0.717) is 12.2 Å². The van der Waals surface area contributed by atoms with Crippen LogP contribution in [0.25, 0.3) is 0 Å². The molecule has 0 N–H and O–H groups in total. The molecule has 4 rings (SSSR count). The molecule has 1 aliphatic heterocycles. The van der Waals surface area contributed by atoms with E-state index in [1.165, 1.54) is 23.2 Å². The summed E-state index contributed by atoms with van der Waals surface area (Å²) in [5.74, 6) is 0.427.